The van der Waals surface area contributed by atoms with Gasteiger partial charge in [-0.3, -0.25) is 14.4 Å². The number of fused-ring (bicyclic) bond motifs is 1. The summed E-state index contributed by atoms with van der Waals surface area (Å²) in [5.74, 6) is -10.9. The molecule has 7 nitrogen and oxygen atoms in total. The van der Waals surface area contributed by atoms with E-state index in [4.69, 9.17) is 14.8 Å². The van der Waals surface area contributed by atoms with E-state index in [1.807, 2.05) is 0 Å². The molecule has 130 valence electrons. The molecular weight excluding hydrogens is 340 g/mol. The summed E-state index contributed by atoms with van der Waals surface area (Å²) in [5.41, 5.74) is -2.36. The molecule has 0 aliphatic carbocycles. The van der Waals surface area contributed by atoms with E-state index in [1.165, 1.54) is 0 Å². The van der Waals surface area contributed by atoms with Gasteiger partial charge in [0.2, 0.25) is 0 Å². The Labute approximate surface area is 131 Å². The second kappa shape index (κ2) is 6.09. The van der Waals surface area contributed by atoms with Crippen LogP contribution >= 0.6 is 0 Å². The van der Waals surface area contributed by atoms with E-state index in [9.17, 15) is 27.2 Å². The summed E-state index contributed by atoms with van der Waals surface area (Å²) < 4.78 is 54.3. The topological polar surface area (TPSA) is 79.3 Å². The van der Waals surface area contributed by atoms with E-state index in [-0.39, 0.29) is 26.2 Å². The van der Waals surface area contributed by atoms with Gasteiger partial charge in [-0.1, -0.05) is 5.23 Å². The Balaban J connectivity index is 1.99. The highest BCUT2D eigenvalue weighted by molar-refractivity contribution is 6.21. The Morgan fingerprint density at radius 2 is 1.54 bits per heavy atom. The number of rotatable bonds is 3. The maximum atomic E-state index is 13.8. The van der Waals surface area contributed by atoms with Crippen LogP contribution < -0.4 is 0 Å². The number of hydroxylamine groups is 2. The fourth-order valence-corrected chi connectivity index (χ4v) is 2.48. The van der Waals surface area contributed by atoms with E-state index in [0.717, 1.165) is 5.23 Å². The van der Waals surface area contributed by atoms with E-state index in [0.29, 0.717) is 4.90 Å². The third-order valence-corrected chi connectivity index (χ3v) is 3.54. The maximum absolute atomic E-state index is 13.8. The molecule has 2 heterocycles. The number of carbonyl (C=O) groups is 2. The number of imide groups is 1. The van der Waals surface area contributed by atoms with E-state index in [2.05, 4.69) is 0 Å². The molecule has 1 atom stereocenters. The van der Waals surface area contributed by atoms with E-state index < -0.39 is 52.4 Å². The van der Waals surface area contributed by atoms with Crippen molar-refractivity contribution in [1.29, 1.82) is 0 Å². The molecule has 1 aromatic rings. The first-order valence-corrected chi connectivity index (χ1v) is 6.80. The van der Waals surface area contributed by atoms with E-state index in [1.54, 1.807) is 0 Å². The van der Waals surface area contributed by atoms with Gasteiger partial charge in [-0.2, -0.15) is 0 Å². The maximum Gasteiger partial charge on any atom is 0.266 e. The Hall–Kier alpha value is -2.08. The highest BCUT2D eigenvalue weighted by atomic mass is 19.2. The molecule has 2 aliphatic heterocycles. The molecule has 1 aromatic carbocycles. The van der Waals surface area contributed by atoms with Gasteiger partial charge < -0.3 is 5.11 Å². The first-order valence-electron chi connectivity index (χ1n) is 6.80. The fraction of sp³-hybridized carbons (Fsp3) is 0.385. The van der Waals surface area contributed by atoms with Crippen molar-refractivity contribution in [3.63, 3.8) is 0 Å². The zero-order valence-electron chi connectivity index (χ0n) is 11.9. The summed E-state index contributed by atoms with van der Waals surface area (Å²) in [6.07, 6.45) is -1.34. The molecule has 3 rings (SSSR count). The zero-order chi connectivity index (χ0) is 17.6. The molecule has 0 spiro atoms. The second-order valence-corrected chi connectivity index (χ2v) is 4.95. The van der Waals surface area contributed by atoms with Crippen LogP contribution in [0.25, 0.3) is 0 Å². The minimum atomic E-state index is -2.18. The minimum Gasteiger partial charge on any atom is -0.395 e. The lowest BCUT2D eigenvalue weighted by atomic mass is 10.1. The van der Waals surface area contributed by atoms with Crippen LogP contribution in [0.5, 0.6) is 0 Å². The summed E-state index contributed by atoms with van der Waals surface area (Å²) in [7, 11) is 0. The second-order valence-electron chi connectivity index (χ2n) is 4.95. The molecule has 1 saturated heterocycles. The summed E-state index contributed by atoms with van der Waals surface area (Å²) in [6.45, 7) is -0.508. The lowest BCUT2D eigenvalue weighted by molar-refractivity contribution is -0.425. The number of nitrogens with zero attached hydrogens (tertiary/aromatic N) is 2. The molecule has 2 amide bonds. The van der Waals surface area contributed by atoms with Crippen molar-refractivity contribution < 1.29 is 41.9 Å². The fourth-order valence-electron chi connectivity index (χ4n) is 2.48. The first kappa shape index (κ1) is 16.8. The van der Waals surface area contributed by atoms with Gasteiger partial charge in [0.15, 0.2) is 29.5 Å². The minimum absolute atomic E-state index is 0.0221. The number of β-amino-alcohol motifs (C(OH)–C–C–N with tert-alkyl or cyclic N) is 1. The highest BCUT2D eigenvalue weighted by Gasteiger charge is 2.48. The summed E-state index contributed by atoms with van der Waals surface area (Å²) >= 11 is 0. The molecule has 1 unspecified atom stereocenters. The third-order valence-electron chi connectivity index (χ3n) is 3.54. The molecule has 1 N–H and O–H groups in total. The van der Waals surface area contributed by atoms with Gasteiger partial charge in [0.1, 0.15) is 0 Å². The van der Waals surface area contributed by atoms with Crippen molar-refractivity contribution in [2.75, 3.05) is 19.8 Å². The van der Waals surface area contributed by atoms with Gasteiger partial charge in [0, 0.05) is 6.42 Å². The Bertz CT molecular complexity index is 680. The van der Waals surface area contributed by atoms with Crippen LogP contribution in [-0.2, 0) is 9.68 Å². The van der Waals surface area contributed by atoms with Crippen LogP contribution in [-0.4, -0.2) is 53.0 Å². The SMILES string of the molecule is O=C1c2c(F)c(F)c(F)c(F)c2C(=O)N1C1CCON(CCO)O1. The summed E-state index contributed by atoms with van der Waals surface area (Å²) in [6, 6.07) is 0. The molecule has 2 aliphatic rings. The molecule has 0 bridgehead atoms. The van der Waals surface area contributed by atoms with Gasteiger partial charge in [-0.25, -0.2) is 27.3 Å². The predicted octanol–water partition coefficient (Wildman–Crippen LogP) is 0.726. The Kier molecular flexibility index (Phi) is 4.25. The molecule has 0 radical (unpaired) electrons. The number of halogens is 4. The van der Waals surface area contributed by atoms with Crippen molar-refractivity contribution >= 4 is 11.8 Å². The molecule has 0 aromatic heterocycles. The van der Waals surface area contributed by atoms with Crippen molar-refractivity contribution in [3.8, 4) is 0 Å². The number of hydrogen-bond donors (Lipinski definition) is 1. The average molecular weight is 350 g/mol. The Morgan fingerprint density at radius 1 is 1.00 bits per heavy atom. The number of aliphatic hydroxyl groups is 1. The smallest absolute Gasteiger partial charge is 0.266 e. The largest absolute Gasteiger partial charge is 0.395 e. The van der Waals surface area contributed by atoms with Gasteiger partial charge in [0.25, 0.3) is 11.8 Å². The molecular formula is C13H10F4N2O5. The number of amides is 2. The van der Waals surface area contributed by atoms with Gasteiger partial charge in [-0.05, 0) is 0 Å². The lowest BCUT2D eigenvalue weighted by Gasteiger charge is -2.34. The molecule has 1 fully saturated rings. The van der Waals surface area contributed by atoms with Crippen molar-refractivity contribution in [2.45, 2.75) is 12.6 Å². The average Bonchev–Trinajstić information content (AvgIpc) is 2.82. The summed E-state index contributed by atoms with van der Waals surface area (Å²) in [5, 5.41) is 9.62. The van der Waals surface area contributed by atoms with Crippen LogP contribution in [0, 0.1) is 23.3 Å². The first-order chi connectivity index (χ1) is 11.4. The van der Waals surface area contributed by atoms with Gasteiger partial charge >= 0.3 is 0 Å². The van der Waals surface area contributed by atoms with Crippen molar-refractivity contribution in [1.82, 2.24) is 10.1 Å². The third kappa shape index (κ3) is 2.36. The number of aliphatic hydroxyl groups excluding tert-OH is 1. The van der Waals surface area contributed by atoms with E-state index >= 15 is 0 Å². The van der Waals surface area contributed by atoms with Crippen LogP contribution in [0.1, 0.15) is 27.1 Å². The standard InChI is InChI=1S/C13H10F4N2O5/c14-8-6-7(9(15)11(17)10(8)16)13(22)19(12(6)21)5-1-4-23-18(24-5)2-3-20/h5,20H,1-4H2. The summed E-state index contributed by atoms with van der Waals surface area (Å²) in [4.78, 5) is 34.9. The number of benzene rings is 1. The van der Waals surface area contributed by atoms with Crippen LogP contribution in [0.2, 0.25) is 0 Å². The molecule has 0 saturated carbocycles. The van der Waals surface area contributed by atoms with Gasteiger partial charge in [0.05, 0.1) is 30.9 Å². The van der Waals surface area contributed by atoms with Crippen molar-refractivity contribution in [2.24, 2.45) is 0 Å². The normalized spacial score (nSPS) is 21.5. The van der Waals surface area contributed by atoms with Crippen molar-refractivity contribution in [3.05, 3.63) is 34.4 Å². The van der Waals surface area contributed by atoms with Crippen LogP contribution in [0.3, 0.4) is 0 Å². The lowest BCUT2D eigenvalue weighted by Crippen LogP contribution is -2.49. The zero-order valence-corrected chi connectivity index (χ0v) is 11.9. The molecule has 24 heavy (non-hydrogen) atoms. The number of carbonyl (C=O) groups excluding carboxylic acids is 2. The van der Waals surface area contributed by atoms with Crippen LogP contribution in [0.4, 0.5) is 17.6 Å². The predicted molar refractivity (Wildman–Crippen MR) is 66.0 cm³/mol. The van der Waals surface area contributed by atoms with Crippen LogP contribution in [0.15, 0.2) is 0 Å². The monoisotopic (exact) mass is 350 g/mol. The quantitative estimate of drug-likeness (QED) is 0.375. The Morgan fingerprint density at radius 3 is 2.04 bits per heavy atom. The highest BCUT2D eigenvalue weighted by Crippen LogP contribution is 2.34. The van der Waals surface area contributed by atoms with Gasteiger partial charge in [-0.15, -0.1) is 0 Å². The molecule has 11 heteroatoms. The number of hydrogen-bond acceptors (Lipinski definition) is 6.